The second kappa shape index (κ2) is 9.51. The largest absolute Gasteiger partial charge is 0.495 e. The van der Waals surface area contributed by atoms with Gasteiger partial charge in [-0.2, -0.15) is 0 Å². The number of para-hydroxylation sites is 2. The Labute approximate surface area is 165 Å². The van der Waals surface area contributed by atoms with E-state index in [4.69, 9.17) is 21.1 Å². The molecule has 0 aliphatic heterocycles. The third-order valence-electron chi connectivity index (χ3n) is 4.59. The molecule has 5 nitrogen and oxygen atoms in total. The zero-order chi connectivity index (χ0) is 19.1. The molecule has 2 N–H and O–H groups in total. The summed E-state index contributed by atoms with van der Waals surface area (Å²) in [5.74, 6) is 1.35. The van der Waals surface area contributed by atoms with Crippen molar-refractivity contribution in [1.29, 1.82) is 0 Å². The van der Waals surface area contributed by atoms with Gasteiger partial charge in [-0.05, 0) is 56.0 Å². The van der Waals surface area contributed by atoms with Crippen LogP contribution in [0.15, 0.2) is 42.5 Å². The van der Waals surface area contributed by atoms with E-state index in [1.807, 2.05) is 24.3 Å². The monoisotopic (exact) mass is 388 g/mol. The summed E-state index contributed by atoms with van der Waals surface area (Å²) in [4.78, 5) is 12.3. The third-order valence-corrected chi connectivity index (χ3v) is 4.82. The van der Waals surface area contributed by atoms with Crippen LogP contribution in [0.2, 0.25) is 5.02 Å². The van der Waals surface area contributed by atoms with Crippen LogP contribution in [0.5, 0.6) is 11.5 Å². The minimum absolute atomic E-state index is 0.0778. The molecule has 1 saturated carbocycles. The molecule has 3 rings (SSSR count). The SMILES string of the molecule is COc1ccc(Cl)cc1NCCC(=O)Nc1ccccc1OC1CCCC1. The molecule has 0 atom stereocenters. The Kier molecular flexibility index (Phi) is 6.82. The highest BCUT2D eigenvalue weighted by molar-refractivity contribution is 6.30. The van der Waals surface area contributed by atoms with Gasteiger partial charge in [0.25, 0.3) is 0 Å². The van der Waals surface area contributed by atoms with Crippen LogP contribution >= 0.6 is 11.6 Å². The second-order valence-electron chi connectivity index (χ2n) is 6.59. The summed E-state index contributed by atoms with van der Waals surface area (Å²) in [6.07, 6.45) is 5.13. The molecule has 2 aromatic rings. The van der Waals surface area contributed by atoms with Crippen molar-refractivity contribution in [2.45, 2.75) is 38.2 Å². The van der Waals surface area contributed by atoms with Gasteiger partial charge in [0.15, 0.2) is 0 Å². The number of hydrogen-bond donors (Lipinski definition) is 2. The number of carbonyl (C=O) groups excluding carboxylic acids is 1. The van der Waals surface area contributed by atoms with E-state index >= 15 is 0 Å². The molecule has 0 spiro atoms. The number of hydrogen-bond acceptors (Lipinski definition) is 4. The van der Waals surface area contributed by atoms with E-state index in [2.05, 4.69) is 10.6 Å². The van der Waals surface area contributed by atoms with E-state index in [9.17, 15) is 4.79 Å². The summed E-state index contributed by atoms with van der Waals surface area (Å²) in [7, 11) is 1.60. The lowest BCUT2D eigenvalue weighted by Gasteiger charge is -2.17. The van der Waals surface area contributed by atoms with Gasteiger partial charge in [0.05, 0.1) is 24.6 Å². The smallest absolute Gasteiger partial charge is 0.226 e. The summed E-state index contributed by atoms with van der Waals surface area (Å²) in [5, 5.41) is 6.75. The number of carbonyl (C=O) groups is 1. The number of nitrogens with one attached hydrogen (secondary N) is 2. The quantitative estimate of drug-likeness (QED) is 0.659. The van der Waals surface area contributed by atoms with Gasteiger partial charge >= 0.3 is 0 Å². The Bertz CT molecular complexity index is 776. The average Bonchev–Trinajstić information content (AvgIpc) is 3.17. The fourth-order valence-corrected chi connectivity index (χ4v) is 3.37. The molecule has 27 heavy (non-hydrogen) atoms. The fourth-order valence-electron chi connectivity index (χ4n) is 3.20. The van der Waals surface area contributed by atoms with Crippen LogP contribution in [-0.2, 0) is 4.79 Å². The van der Waals surface area contributed by atoms with Crippen molar-refractivity contribution in [1.82, 2.24) is 0 Å². The Morgan fingerprint density at radius 3 is 2.67 bits per heavy atom. The maximum absolute atomic E-state index is 12.3. The molecule has 1 fully saturated rings. The van der Waals surface area contributed by atoms with Crippen molar-refractivity contribution >= 4 is 28.9 Å². The molecule has 1 aliphatic rings. The number of ether oxygens (including phenoxy) is 2. The van der Waals surface area contributed by atoms with Crippen LogP contribution in [0.1, 0.15) is 32.1 Å². The van der Waals surface area contributed by atoms with Gasteiger partial charge in [-0.3, -0.25) is 4.79 Å². The predicted molar refractivity (Wildman–Crippen MR) is 109 cm³/mol. The maximum Gasteiger partial charge on any atom is 0.226 e. The summed E-state index contributed by atoms with van der Waals surface area (Å²) < 4.78 is 11.4. The van der Waals surface area contributed by atoms with Gasteiger partial charge in [0.1, 0.15) is 11.5 Å². The van der Waals surface area contributed by atoms with E-state index in [0.717, 1.165) is 30.0 Å². The Balaban J connectivity index is 1.53. The Hall–Kier alpha value is -2.40. The van der Waals surface area contributed by atoms with Gasteiger partial charge in [0, 0.05) is 18.0 Å². The van der Waals surface area contributed by atoms with Gasteiger partial charge in [-0.15, -0.1) is 0 Å². The van der Waals surface area contributed by atoms with Gasteiger partial charge in [-0.1, -0.05) is 23.7 Å². The molecule has 1 aliphatic carbocycles. The highest BCUT2D eigenvalue weighted by atomic mass is 35.5. The van der Waals surface area contributed by atoms with Crippen molar-refractivity contribution in [3.8, 4) is 11.5 Å². The second-order valence-corrected chi connectivity index (χ2v) is 7.03. The summed E-state index contributed by atoms with van der Waals surface area (Å²) in [5.41, 5.74) is 1.48. The molecule has 6 heteroatoms. The van der Waals surface area contributed by atoms with Crippen molar-refractivity contribution in [3.63, 3.8) is 0 Å². The van der Waals surface area contributed by atoms with E-state index < -0.39 is 0 Å². The molecule has 0 heterocycles. The molecule has 0 radical (unpaired) electrons. The lowest BCUT2D eigenvalue weighted by Crippen LogP contribution is -2.18. The molecule has 2 aromatic carbocycles. The van der Waals surface area contributed by atoms with Crippen LogP contribution < -0.4 is 20.1 Å². The lowest BCUT2D eigenvalue weighted by molar-refractivity contribution is -0.116. The van der Waals surface area contributed by atoms with E-state index in [1.54, 1.807) is 25.3 Å². The Morgan fingerprint density at radius 1 is 1.11 bits per heavy atom. The number of amides is 1. The average molecular weight is 389 g/mol. The van der Waals surface area contributed by atoms with Crippen LogP contribution in [0.3, 0.4) is 0 Å². The molecule has 0 aromatic heterocycles. The van der Waals surface area contributed by atoms with Crippen molar-refractivity contribution < 1.29 is 14.3 Å². The normalized spacial score (nSPS) is 14.0. The topological polar surface area (TPSA) is 59.6 Å². The standard InChI is InChI=1S/C21H25ClN2O3/c1-26-19-11-10-15(22)14-18(19)23-13-12-21(25)24-17-8-4-5-9-20(17)27-16-6-2-3-7-16/h4-5,8-11,14,16,23H,2-3,6-7,12-13H2,1H3,(H,24,25). The van der Waals surface area contributed by atoms with Gasteiger partial charge in [-0.25, -0.2) is 0 Å². The fraction of sp³-hybridized carbons (Fsp3) is 0.381. The van der Waals surface area contributed by atoms with Crippen LogP contribution in [0.25, 0.3) is 0 Å². The number of halogens is 1. The molecule has 1 amide bonds. The summed E-state index contributed by atoms with van der Waals surface area (Å²) >= 11 is 6.02. The van der Waals surface area contributed by atoms with E-state index in [1.165, 1.54) is 12.8 Å². The number of methoxy groups -OCH3 is 1. The molecule has 0 bridgehead atoms. The number of rotatable bonds is 8. The first-order valence-corrected chi connectivity index (χ1v) is 9.66. The first-order valence-electron chi connectivity index (χ1n) is 9.28. The molecular weight excluding hydrogens is 364 g/mol. The van der Waals surface area contributed by atoms with Crippen LogP contribution in [-0.4, -0.2) is 25.7 Å². The minimum Gasteiger partial charge on any atom is -0.495 e. The zero-order valence-corrected chi connectivity index (χ0v) is 16.2. The lowest BCUT2D eigenvalue weighted by atomic mass is 10.2. The van der Waals surface area contributed by atoms with Crippen LogP contribution in [0.4, 0.5) is 11.4 Å². The first-order chi connectivity index (χ1) is 13.2. The predicted octanol–water partition coefficient (Wildman–Crippen LogP) is 5.11. The van der Waals surface area contributed by atoms with Crippen molar-refractivity contribution in [3.05, 3.63) is 47.5 Å². The minimum atomic E-state index is -0.0778. The number of anilines is 2. The maximum atomic E-state index is 12.3. The Morgan fingerprint density at radius 2 is 1.89 bits per heavy atom. The van der Waals surface area contributed by atoms with Crippen LogP contribution in [0, 0.1) is 0 Å². The number of benzene rings is 2. The van der Waals surface area contributed by atoms with Gasteiger partial charge in [0.2, 0.25) is 5.91 Å². The van der Waals surface area contributed by atoms with Crippen molar-refractivity contribution in [2.24, 2.45) is 0 Å². The molecule has 0 unspecified atom stereocenters. The van der Waals surface area contributed by atoms with Gasteiger partial charge < -0.3 is 20.1 Å². The molecule has 144 valence electrons. The van der Waals surface area contributed by atoms with Crippen molar-refractivity contribution in [2.75, 3.05) is 24.3 Å². The summed E-state index contributed by atoms with van der Waals surface area (Å²) in [6.45, 7) is 0.466. The molecular formula is C21H25ClN2O3. The molecule has 0 saturated heterocycles. The van der Waals surface area contributed by atoms with E-state index in [-0.39, 0.29) is 12.0 Å². The van der Waals surface area contributed by atoms with E-state index in [0.29, 0.717) is 23.7 Å². The summed E-state index contributed by atoms with van der Waals surface area (Å²) in [6, 6.07) is 12.9. The highest BCUT2D eigenvalue weighted by Crippen LogP contribution is 2.30. The third kappa shape index (κ3) is 5.54. The zero-order valence-electron chi connectivity index (χ0n) is 15.5. The first kappa shape index (κ1) is 19.4. The highest BCUT2D eigenvalue weighted by Gasteiger charge is 2.18.